The van der Waals surface area contributed by atoms with Crippen LogP contribution in [0, 0.1) is 0 Å². The first-order chi connectivity index (χ1) is 16.6. The Kier molecular flexibility index (Phi) is 6.94. The molecule has 7 nitrogen and oxygen atoms in total. The lowest BCUT2D eigenvalue weighted by molar-refractivity contribution is -0.000416. The molecule has 5 rings (SSSR count). The van der Waals surface area contributed by atoms with Crippen LogP contribution in [-0.4, -0.2) is 47.0 Å². The fraction of sp³-hybridized carbons (Fsp3) is 0.308. The minimum atomic E-state index is -0.167. The molecule has 1 fully saturated rings. The molecular formula is C26H26ClN3O4. The molecule has 0 aliphatic carbocycles. The molecule has 0 saturated carbocycles. The summed E-state index contributed by atoms with van der Waals surface area (Å²) in [5, 5.41) is 0.526. The molecule has 34 heavy (non-hydrogen) atoms. The van der Waals surface area contributed by atoms with Gasteiger partial charge in [-0.2, -0.15) is 4.98 Å². The molecule has 1 aliphatic rings. The van der Waals surface area contributed by atoms with Gasteiger partial charge in [-0.25, -0.2) is 4.98 Å². The molecule has 0 amide bonds. The van der Waals surface area contributed by atoms with Gasteiger partial charge in [0.05, 0.1) is 35.6 Å². The number of imidazole rings is 1. The molecule has 0 bridgehead atoms. The second-order valence-corrected chi connectivity index (χ2v) is 8.69. The van der Waals surface area contributed by atoms with E-state index in [1.165, 1.54) is 0 Å². The van der Waals surface area contributed by atoms with Gasteiger partial charge in [0, 0.05) is 12.2 Å². The van der Waals surface area contributed by atoms with Crippen LogP contribution in [-0.2, 0) is 16.1 Å². The highest BCUT2D eigenvalue weighted by Gasteiger charge is 2.18. The molecule has 1 saturated heterocycles. The molecule has 2 atom stereocenters. The van der Waals surface area contributed by atoms with Gasteiger partial charge in [-0.15, -0.1) is 0 Å². The second-order valence-electron chi connectivity index (χ2n) is 8.28. The zero-order chi connectivity index (χ0) is 23.3. The Morgan fingerprint density at radius 2 is 1.94 bits per heavy atom. The number of H-pyrrole nitrogens is 1. The van der Waals surface area contributed by atoms with Gasteiger partial charge < -0.3 is 23.9 Å². The molecule has 176 valence electrons. The molecule has 1 unspecified atom stereocenters. The number of aromatic nitrogens is 3. The molecule has 3 heterocycles. The second kappa shape index (κ2) is 10.4. The minimum Gasteiger partial charge on any atom is -0.489 e. The van der Waals surface area contributed by atoms with E-state index in [-0.39, 0.29) is 12.2 Å². The van der Waals surface area contributed by atoms with Gasteiger partial charge in [-0.3, -0.25) is 0 Å². The van der Waals surface area contributed by atoms with Crippen molar-refractivity contribution in [3.8, 4) is 23.0 Å². The van der Waals surface area contributed by atoms with Crippen LogP contribution in [0.1, 0.15) is 18.9 Å². The van der Waals surface area contributed by atoms with E-state index in [0.717, 1.165) is 29.9 Å². The molecule has 1 N–H and O–H groups in total. The zero-order valence-electron chi connectivity index (χ0n) is 18.9. The van der Waals surface area contributed by atoms with Crippen molar-refractivity contribution in [2.24, 2.45) is 0 Å². The first kappa shape index (κ1) is 22.7. The molecular weight excluding hydrogens is 454 g/mol. The first-order valence-electron chi connectivity index (χ1n) is 11.3. The highest BCUT2D eigenvalue weighted by atomic mass is 35.5. The lowest BCUT2D eigenvalue weighted by Crippen LogP contribution is -2.24. The molecule has 8 heteroatoms. The fourth-order valence-electron chi connectivity index (χ4n) is 3.74. The van der Waals surface area contributed by atoms with E-state index in [2.05, 4.69) is 15.0 Å². The van der Waals surface area contributed by atoms with Crippen LogP contribution in [0.5, 0.6) is 11.8 Å². The van der Waals surface area contributed by atoms with Crippen molar-refractivity contribution >= 4 is 22.8 Å². The summed E-state index contributed by atoms with van der Waals surface area (Å²) in [7, 11) is 0. The quantitative estimate of drug-likeness (QED) is 0.345. The highest BCUT2D eigenvalue weighted by molar-refractivity contribution is 6.33. The number of nitrogens with zero attached hydrogens (tertiary/aromatic N) is 2. The third-order valence-electron chi connectivity index (χ3n) is 5.55. The Balaban J connectivity index is 1.24. The number of hydrogen-bond acceptors (Lipinski definition) is 6. The third-order valence-corrected chi connectivity index (χ3v) is 5.84. The summed E-state index contributed by atoms with van der Waals surface area (Å²) in [6.07, 6.45) is 0.891. The Morgan fingerprint density at radius 3 is 2.71 bits per heavy atom. The number of benzene rings is 2. The maximum atomic E-state index is 6.54. The predicted molar refractivity (Wildman–Crippen MR) is 130 cm³/mol. The summed E-state index contributed by atoms with van der Waals surface area (Å²) in [6, 6.07) is 20.0. The van der Waals surface area contributed by atoms with E-state index in [0.29, 0.717) is 47.7 Å². The molecule has 2 aromatic carbocycles. The topological polar surface area (TPSA) is 78.5 Å². The normalized spacial score (nSPS) is 16.6. The van der Waals surface area contributed by atoms with Crippen molar-refractivity contribution in [2.75, 3.05) is 19.8 Å². The summed E-state index contributed by atoms with van der Waals surface area (Å²) >= 11 is 6.54. The van der Waals surface area contributed by atoms with Gasteiger partial charge in [-0.05, 0) is 49.2 Å². The number of rotatable bonds is 9. The van der Waals surface area contributed by atoms with Crippen LogP contribution in [0.25, 0.3) is 22.4 Å². The summed E-state index contributed by atoms with van der Waals surface area (Å²) in [5.74, 6) is 0.778. The van der Waals surface area contributed by atoms with Gasteiger partial charge >= 0.3 is 0 Å². The van der Waals surface area contributed by atoms with Crippen molar-refractivity contribution in [3.05, 3.63) is 71.2 Å². The number of nitrogens with one attached hydrogen (secondary N) is 1. The Labute approximate surface area is 203 Å². The predicted octanol–water partition coefficient (Wildman–Crippen LogP) is 5.43. The van der Waals surface area contributed by atoms with E-state index in [1.807, 2.05) is 67.6 Å². The van der Waals surface area contributed by atoms with Crippen molar-refractivity contribution in [1.29, 1.82) is 0 Å². The maximum Gasteiger partial charge on any atom is 0.296 e. The van der Waals surface area contributed by atoms with Gasteiger partial charge in [0.1, 0.15) is 18.5 Å². The Morgan fingerprint density at radius 1 is 1.12 bits per heavy atom. The number of fused-ring (bicyclic) bond motifs is 1. The fourth-order valence-corrected chi connectivity index (χ4v) is 4.00. The van der Waals surface area contributed by atoms with E-state index < -0.39 is 0 Å². The van der Waals surface area contributed by atoms with E-state index >= 15 is 0 Å². The van der Waals surface area contributed by atoms with Crippen LogP contribution < -0.4 is 9.47 Å². The number of aromatic amines is 1. The lowest BCUT2D eigenvalue weighted by atomic mass is 10.1. The van der Waals surface area contributed by atoms with E-state index in [4.69, 9.17) is 30.5 Å². The largest absolute Gasteiger partial charge is 0.489 e. The van der Waals surface area contributed by atoms with Crippen LogP contribution >= 0.6 is 11.6 Å². The highest BCUT2D eigenvalue weighted by Crippen LogP contribution is 2.31. The van der Waals surface area contributed by atoms with Gasteiger partial charge in [0.2, 0.25) is 0 Å². The number of hydrogen-bond donors (Lipinski definition) is 1. The van der Waals surface area contributed by atoms with Crippen LogP contribution in [0.3, 0.4) is 0 Å². The van der Waals surface area contributed by atoms with E-state index in [9.17, 15) is 0 Å². The standard InChI is InChI=1S/C26H26ClN3O4/c1-17(14-32-21-11-12-31-16-21)34-26-28-23-13-22(27)24(29-25(23)30-26)19-7-9-20(10-8-19)33-15-18-5-3-2-4-6-18/h2-10,13,17,21H,11-12,14-16H2,1H3,(H,28,29,30)/t17?,21-/m1/s1. The van der Waals surface area contributed by atoms with Crippen LogP contribution in [0.2, 0.25) is 5.02 Å². The SMILES string of the molecule is CC(CO[C@@H]1CCOC1)Oc1nc2nc(-c3ccc(OCc4ccccc4)cc3)c(Cl)cc2[nH]1. The number of ether oxygens (including phenoxy) is 4. The van der Waals surface area contributed by atoms with Crippen LogP contribution in [0.4, 0.5) is 0 Å². The number of halogens is 1. The maximum absolute atomic E-state index is 6.54. The average molecular weight is 480 g/mol. The molecule has 1 aliphatic heterocycles. The zero-order valence-corrected chi connectivity index (χ0v) is 19.6. The van der Waals surface area contributed by atoms with Crippen molar-refractivity contribution < 1.29 is 18.9 Å². The summed E-state index contributed by atoms with van der Waals surface area (Å²) in [4.78, 5) is 12.3. The minimum absolute atomic E-state index is 0.139. The van der Waals surface area contributed by atoms with Crippen LogP contribution in [0.15, 0.2) is 60.7 Å². The van der Waals surface area contributed by atoms with Gasteiger partial charge in [0.25, 0.3) is 6.01 Å². The van der Waals surface area contributed by atoms with E-state index in [1.54, 1.807) is 0 Å². The summed E-state index contributed by atoms with van der Waals surface area (Å²) in [6.45, 7) is 4.31. The third kappa shape index (κ3) is 5.50. The molecule has 2 aromatic heterocycles. The lowest BCUT2D eigenvalue weighted by Gasteiger charge is -2.15. The van der Waals surface area contributed by atoms with Gasteiger partial charge in [-0.1, -0.05) is 41.9 Å². The average Bonchev–Trinajstić information content (AvgIpc) is 3.51. The monoisotopic (exact) mass is 479 g/mol. The molecule has 0 radical (unpaired) electrons. The molecule has 4 aromatic rings. The smallest absolute Gasteiger partial charge is 0.296 e. The van der Waals surface area contributed by atoms with Gasteiger partial charge in [0.15, 0.2) is 5.65 Å². The van der Waals surface area contributed by atoms with Crippen molar-refractivity contribution in [3.63, 3.8) is 0 Å². The first-order valence-corrected chi connectivity index (χ1v) is 11.7. The Bertz CT molecular complexity index is 1220. The Hall–Kier alpha value is -3.13. The van der Waals surface area contributed by atoms with Crippen molar-refractivity contribution in [2.45, 2.75) is 32.2 Å². The number of pyridine rings is 1. The molecule has 0 spiro atoms. The summed E-state index contributed by atoms with van der Waals surface area (Å²) < 4.78 is 22.9. The van der Waals surface area contributed by atoms with Crippen molar-refractivity contribution in [1.82, 2.24) is 15.0 Å². The summed E-state index contributed by atoms with van der Waals surface area (Å²) in [5.41, 5.74) is 3.90.